The largest absolute Gasteiger partial charge is 0.495 e. The summed E-state index contributed by atoms with van der Waals surface area (Å²) in [5.41, 5.74) is 2.04. The summed E-state index contributed by atoms with van der Waals surface area (Å²) in [6.07, 6.45) is 1.58. The number of benzene rings is 2. The number of ketones is 1. The molecule has 0 bridgehead atoms. The third kappa shape index (κ3) is 6.49. The molecule has 1 aromatic heterocycles. The number of ether oxygens (including phenoxy) is 2. The number of carbonyl (C=O) groups is 3. The summed E-state index contributed by atoms with van der Waals surface area (Å²) in [6, 6.07) is 15.2. The van der Waals surface area contributed by atoms with Crippen molar-refractivity contribution < 1.29 is 28.3 Å². The standard InChI is InChI=1S/C24H23NO6S/c1-16-5-7-17(8-6-16)21(26)13-31-24(28)18-9-10-22(29-2)20(12-18)25-23(27)15-32-14-19-4-3-11-30-19/h3-12H,13-15H2,1-2H3,(H,25,27). The van der Waals surface area contributed by atoms with Crippen molar-refractivity contribution in [1.29, 1.82) is 0 Å². The fraction of sp³-hybridized carbons (Fsp3) is 0.208. The van der Waals surface area contributed by atoms with E-state index in [1.54, 1.807) is 30.5 Å². The maximum atomic E-state index is 12.4. The first-order valence-corrected chi connectivity index (χ1v) is 11.0. The topological polar surface area (TPSA) is 94.8 Å². The zero-order valence-corrected chi connectivity index (χ0v) is 18.6. The number of thioether (sulfide) groups is 1. The number of anilines is 1. The predicted molar refractivity (Wildman–Crippen MR) is 122 cm³/mol. The highest BCUT2D eigenvalue weighted by atomic mass is 32.2. The molecule has 7 nitrogen and oxygen atoms in total. The van der Waals surface area contributed by atoms with Crippen molar-refractivity contribution in [3.8, 4) is 5.75 Å². The van der Waals surface area contributed by atoms with E-state index < -0.39 is 5.97 Å². The van der Waals surface area contributed by atoms with Gasteiger partial charge in [-0.2, -0.15) is 0 Å². The van der Waals surface area contributed by atoms with Crippen LogP contribution in [-0.4, -0.2) is 37.1 Å². The Labute approximate surface area is 190 Å². The van der Waals surface area contributed by atoms with Crippen molar-refractivity contribution in [3.63, 3.8) is 0 Å². The summed E-state index contributed by atoms with van der Waals surface area (Å²) in [5, 5.41) is 2.74. The van der Waals surface area contributed by atoms with Crippen molar-refractivity contribution in [1.82, 2.24) is 0 Å². The van der Waals surface area contributed by atoms with Crippen LogP contribution >= 0.6 is 11.8 Å². The van der Waals surface area contributed by atoms with Crippen LogP contribution in [-0.2, 0) is 15.3 Å². The van der Waals surface area contributed by atoms with E-state index in [1.165, 1.54) is 31.0 Å². The second kappa shape index (κ2) is 11.2. The average molecular weight is 454 g/mol. The molecular weight excluding hydrogens is 430 g/mol. The normalized spacial score (nSPS) is 10.4. The molecule has 3 aromatic rings. The van der Waals surface area contributed by atoms with Crippen LogP contribution in [0.25, 0.3) is 0 Å². The minimum atomic E-state index is -0.671. The number of Topliss-reactive ketones (excluding diaryl/α,β-unsaturated/α-hetero) is 1. The Morgan fingerprint density at radius 1 is 1.03 bits per heavy atom. The summed E-state index contributed by atoms with van der Waals surface area (Å²) in [4.78, 5) is 37.0. The summed E-state index contributed by atoms with van der Waals surface area (Å²) in [5.74, 6) is 0.736. The lowest BCUT2D eigenvalue weighted by molar-refractivity contribution is -0.113. The molecule has 32 heavy (non-hydrogen) atoms. The average Bonchev–Trinajstić information content (AvgIpc) is 3.31. The fourth-order valence-corrected chi connectivity index (χ4v) is 3.52. The smallest absolute Gasteiger partial charge is 0.338 e. The number of methoxy groups -OCH3 is 1. The van der Waals surface area contributed by atoms with E-state index in [0.717, 1.165) is 11.3 Å². The van der Waals surface area contributed by atoms with Gasteiger partial charge in [-0.05, 0) is 37.3 Å². The first-order chi connectivity index (χ1) is 15.5. The van der Waals surface area contributed by atoms with E-state index in [9.17, 15) is 14.4 Å². The van der Waals surface area contributed by atoms with Gasteiger partial charge >= 0.3 is 5.97 Å². The molecule has 2 aromatic carbocycles. The molecule has 0 atom stereocenters. The second-order valence-corrected chi connectivity index (χ2v) is 7.89. The molecule has 1 N–H and O–H groups in total. The summed E-state index contributed by atoms with van der Waals surface area (Å²) in [6.45, 7) is 1.55. The molecule has 0 aliphatic heterocycles. The molecule has 0 aliphatic rings. The monoisotopic (exact) mass is 453 g/mol. The molecule has 0 unspecified atom stereocenters. The lowest BCUT2D eigenvalue weighted by Gasteiger charge is -2.12. The van der Waals surface area contributed by atoms with E-state index in [-0.39, 0.29) is 29.6 Å². The van der Waals surface area contributed by atoms with Gasteiger partial charge in [-0.15, -0.1) is 11.8 Å². The van der Waals surface area contributed by atoms with Gasteiger partial charge in [0.15, 0.2) is 12.4 Å². The number of aryl methyl sites for hydroxylation is 1. The first-order valence-electron chi connectivity index (χ1n) is 9.81. The number of furan rings is 1. The highest BCUT2D eigenvalue weighted by Crippen LogP contribution is 2.26. The summed E-state index contributed by atoms with van der Waals surface area (Å²) in [7, 11) is 1.47. The van der Waals surface area contributed by atoms with Gasteiger partial charge in [0.25, 0.3) is 0 Å². The molecule has 0 fully saturated rings. The van der Waals surface area contributed by atoms with Gasteiger partial charge in [-0.25, -0.2) is 4.79 Å². The second-order valence-electron chi connectivity index (χ2n) is 6.90. The number of carbonyl (C=O) groups excluding carboxylic acids is 3. The van der Waals surface area contributed by atoms with Crippen LogP contribution in [0.3, 0.4) is 0 Å². The molecular formula is C24H23NO6S. The Bertz CT molecular complexity index is 1080. The van der Waals surface area contributed by atoms with Crippen molar-refractivity contribution in [2.24, 2.45) is 0 Å². The van der Waals surface area contributed by atoms with Gasteiger partial charge in [0, 0.05) is 5.56 Å². The maximum Gasteiger partial charge on any atom is 0.338 e. The molecule has 1 amide bonds. The number of hydrogen-bond donors (Lipinski definition) is 1. The molecule has 0 aliphatic carbocycles. The van der Waals surface area contributed by atoms with Gasteiger partial charge < -0.3 is 19.2 Å². The molecule has 8 heteroatoms. The molecule has 1 heterocycles. The minimum Gasteiger partial charge on any atom is -0.495 e. The van der Waals surface area contributed by atoms with Gasteiger partial charge in [-0.1, -0.05) is 29.8 Å². The number of amides is 1. The highest BCUT2D eigenvalue weighted by molar-refractivity contribution is 7.99. The van der Waals surface area contributed by atoms with E-state index >= 15 is 0 Å². The Morgan fingerprint density at radius 3 is 2.47 bits per heavy atom. The van der Waals surface area contributed by atoms with Crippen LogP contribution < -0.4 is 10.1 Å². The van der Waals surface area contributed by atoms with Crippen molar-refractivity contribution >= 4 is 35.1 Å². The Hall–Kier alpha value is -3.52. The van der Waals surface area contributed by atoms with Gasteiger partial charge in [0.05, 0.1) is 36.1 Å². The Kier molecular flexibility index (Phi) is 8.10. The molecule has 0 saturated carbocycles. The van der Waals surface area contributed by atoms with E-state index in [0.29, 0.717) is 22.8 Å². The van der Waals surface area contributed by atoms with Gasteiger partial charge in [-0.3, -0.25) is 9.59 Å². The van der Waals surface area contributed by atoms with Crippen LogP contribution in [0.2, 0.25) is 0 Å². The van der Waals surface area contributed by atoms with Crippen molar-refractivity contribution in [3.05, 3.63) is 83.3 Å². The van der Waals surface area contributed by atoms with E-state index in [2.05, 4.69) is 5.32 Å². The zero-order chi connectivity index (χ0) is 22.9. The van der Waals surface area contributed by atoms with Crippen LogP contribution in [0.4, 0.5) is 5.69 Å². The Balaban J connectivity index is 1.57. The van der Waals surface area contributed by atoms with Crippen LogP contribution in [0.1, 0.15) is 32.0 Å². The van der Waals surface area contributed by atoms with Crippen LogP contribution in [0, 0.1) is 6.92 Å². The number of rotatable bonds is 10. The van der Waals surface area contributed by atoms with E-state index in [1.807, 2.05) is 25.1 Å². The highest BCUT2D eigenvalue weighted by Gasteiger charge is 2.16. The Morgan fingerprint density at radius 2 is 1.78 bits per heavy atom. The lowest BCUT2D eigenvalue weighted by atomic mass is 10.1. The number of nitrogens with one attached hydrogen (secondary N) is 1. The maximum absolute atomic E-state index is 12.4. The van der Waals surface area contributed by atoms with Gasteiger partial charge in [0.1, 0.15) is 11.5 Å². The minimum absolute atomic E-state index is 0.195. The lowest BCUT2D eigenvalue weighted by Crippen LogP contribution is -2.17. The van der Waals surface area contributed by atoms with E-state index in [4.69, 9.17) is 13.9 Å². The zero-order valence-electron chi connectivity index (χ0n) is 17.8. The molecule has 0 radical (unpaired) electrons. The summed E-state index contributed by atoms with van der Waals surface area (Å²) >= 11 is 1.40. The third-order valence-corrected chi connectivity index (χ3v) is 5.43. The van der Waals surface area contributed by atoms with Gasteiger partial charge in [0.2, 0.25) is 5.91 Å². The van der Waals surface area contributed by atoms with Crippen LogP contribution in [0.15, 0.2) is 65.3 Å². The fourth-order valence-electron chi connectivity index (χ4n) is 2.80. The number of hydrogen-bond acceptors (Lipinski definition) is 7. The molecule has 166 valence electrons. The number of esters is 1. The summed E-state index contributed by atoms with van der Waals surface area (Å²) < 4.78 is 15.7. The predicted octanol–water partition coefficient (Wildman–Crippen LogP) is 4.51. The quantitative estimate of drug-likeness (QED) is 0.356. The molecule has 0 spiro atoms. The van der Waals surface area contributed by atoms with Crippen molar-refractivity contribution in [2.75, 3.05) is 24.8 Å². The molecule has 3 rings (SSSR count). The van der Waals surface area contributed by atoms with Crippen molar-refractivity contribution in [2.45, 2.75) is 12.7 Å². The third-order valence-electron chi connectivity index (χ3n) is 4.47. The SMILES string of the molecule is COc1ccc(C(=O)OCC(=O)c2ccc(C)cc2)cc1NC(=O)CSCc1ccco1. The molecule has 0 saturated heterocycles. The van der Waals surface area contributed by atoms with Crippen LogP contribution in [0.5, 0.6) is 5.75 Å². The first kappa shape index (κ1) is 23.1.